The van der Waals surface area contributed by atoms with E-state index in [4.69, 9.17) is 16.7 Å². The first-order valence-corrected chi connectivity index (χ1v) is 6.74. The lowest BCUT2D eigenvalue weighted by Gasteiger charge is -2.07. The fraction of sp³-hybridized carbons (Fsp3) is 0.400. The molecule has 0 saturated heterocycles. The standard InChI is InChI=1S/C15H18ClNO2/c1-2-3-7-15(19)17-14-9-8-13(16)11-12(14)6-4-5-10-18/h8-9,11,18H,2-3,5,7,10H2,1H3,(H,17,19). The molecule has 0 spiro atoms. The first-order valence-electron chi connectivity index (χ1n) is 6.36. The minimum Gasteiger partial charge on any atom is -0.395 e. The summed E-state index contributed by atoms with van der Waals surface area (Å²) in [6.07, 6.45) is 2.75. The molecule has 0 heterocycles. The van der Waals surface area contributed by atoms with Gasteiger partial charge in [-0.1, -0.05) is 36.8 Å². The molecule has 0 aliphatic rings. The van der Waals surface area contributed by atoms with E-state index in [-0.39, 0.29) is 12.5 Å². The van der Waals surface area contributed by atoms with E-state index in [1.165, 1.54) is 0 Å². The minimum atomic E-state index is -0.0191. The van der Waals surface area contributed by atoms with Crippen molar-refractivity contribution >= 4 is 23.2 Å². The van der Waals surface area contributed by atoms with Crippen LogP contribution in [-0.2, 0) is 4.79 Å². The van der Waals surface area contributed by atoms with E-state index in [2.05, 4.69) is 17.2 Å². The molecule has 0 bridgehead atoms. The molecule has 0 aliphatic heterocycles. The van der Waals surface area contributed by atoms with Crippen LogP contribution in [0.15, 0.2) is 18.2 Å². The van der Waals surface area contributed by atoms with Crippen LogP contribution in [0, 0.1) is 11.8 Å². The van der Waals surface area contributed by atoms with Gasteiger partial charge in [0.25, 0.3) is 0 Å². The number of rotatable bonds is 5. The zero-order valence-electron chi connectivity index (χ0n) is 11.0. The molecule has 1 aromatic carbocycles. The molecule has 1 amide bonds. The average molecular weight is 280 g/mol. The number of benzene rings is 1. The molecule has 0 saturated carbocycles. The lowest BCUT2D eigenvalue weighted by molar-refractivity contribution is -0.116. The van der Waals surface area contributed by atoms with Crippen molar-refractivity contribution in [2.75, 3.05) is 11.9 Å². The molecule has 0 fully saturated rings. The number of carbonyl (C=O) groups is 1. The van der Waals surface area contributed by atoms with E-state index in [0.29, 0.717) is 29.1 Å². The Morgan fingerprint density at radius 2 is 2.26 bits per heavy atom. The number of anilines is 1. The van der Waals surface area contributed by atoms with Gasteiger partial charge in [0, 0.05) is 23.4 Å². The number of amides is 1. The quantitative estimate of drug-likeness (QED) is 0.813. The van der Waals surface area contributed by atoms with Crippen molar-refractivity contribution in [2.45, 2.75) is 32.6 Å². The number of carbonyl (C=O) groups excluding carboxylic acids is 1. The molecule has 1 rings (SSSR count). The van der Waals surface area contributed by atoms with Gasteiger partial charge in [-0.15, -0.1) is 0 Å². The van der Waals surface area contributed by atoms with Crippen LogP contribution < -0.4 is 5.32 Å². The largest absolute Gasteiger partial charge is 0.395 e. The SMILES string of the molecule is CCCCC(=O)Nc1ccc(Cl)cc1C#CCCO. The smallest absolute Gasteiger partial charge is 0.224 e. The van der Waals surface area contributed by atoms with Gasteiger partial charge in [-0.05, 0) is 24.6 Å². The van der Waals surface area contributed by atoms with Gasteiger partial charge in [0.05, 0.1) is 12.3 Å². The maximum Gasteiger partial charge on any atom is 0.224 e. The Bertz CT molecular complexity index is 489. The summed E-state index contributed by atoms with van der Waals surface area (Å²) in [5.41, 5.74) is 1.33. The number of hydrogen-bond donors (Lipinski definition) is 2. The molecule has 2 N–H and O–H groups in total. The summed E-state index contributed by atoms with van der Waals surface area (Å²) in [5.74, 6) is 5.71. The maximum absolute atomic E-state index is 11.7. The Morgan fingerprint density at radius 3 is 2.95 bits per heavy atom. The average Bonchev–Trinajstić information content (AvgIpc) is 2.39. The van der Waals surface area contributed by atoms with Gasteiger partial charge in [0.15, 0.2) is 0 Å². The molecule has 0 aromatic heterocycles. The summed E-state index contributed by atoms with van der Waals surface area (Å²) < 4.78 is 0. The molecular formula is C15H18ClNO2. The van der Waals surface area contributed by atoms with Crippen molar-refractivity contribution in [2.24, 2.45) is 0 Å². The summed E-state index contributed by atoms with van der Waals surface area (Å²) in [7, 11) is 0. The van der Waals surface area contributed by atoms with Crippen LogP contribution >= 0.6 is 11.6 Å². The van der Waals surface area contributed by atoms with Gasteiger partial charge >= 0.3 is 0 Å². The Hall–Kier alpha value is -1.50. The predicted molar refractivity (Wildman–Crippen MR) is 78.2 cm³/mol. The van der Waals surface area contributed by atoms with Crippen molar-refractivity contribution in [1.29, 1.82) is 0 Å². The second kappa shape index (κ2) is 8.58. The van der Waals surface area contributed by atoms with Crippen molar-refractivity contribution in [1.82, 2.24) is 0 Å². The van der Waals surface area contributed by atoms with Crippen molar-refractivity contribution < 1.29 is 9.90 Å². The summed E-state index contributed by atoms with van der Waals surface area (Å²) >= 11 is 5.92. The summed E-state index contributed by atoms with van der Waals surface area (Å²) in [6, 6.07) is 5.17. The van der Waals surface area contributed by atoms with Crippen molar-refractivity contribution in [3.8, 4) is 11.8 Å². The van der Waals surface area contributed by atoms with E-state index in [9.17, 15) is 4.79 Å². The summed E-state index contributed by atoms with van der Waals surface area (Å²) in [4.78, 5) is 11.7. The van der Waals surface area contributed by atoms with Crippen molar-refractivity contribution in [3.63, 3.8) is 0 Å². The first kappa shape index (κ1) is 15.6. The molecule has 1 aromatic rings. The number of unbranched alkanes of at least 4 members (excludes halogenated alkanes) is 1. The molecule has 3 nitrogen and oxygen atoms in total. The van der Waals surface area contributed by atoms with Gasteiger partial charge in [-0.2, -0.15) is 0 Å². The van der Waals surface area contributed by atoms with Gasteiger partial charge in [0.1, 0.15) is 0 Å². The van der Waals surface area contributed by atoms with E-state index in [1.807, 2.05) is 6.92 Å². The molecule has 19 heavy (non-hydrogen) atoms. The minimum absolute atomic E-state index is 0.0191. The highest BCUT2D eigenvalue weighted by Gasteiger charge is 2.05. The normalized spacial score (nSPS) is 9.63. The fourth-order valence-electron chi connectivity index (χ4n) is 1.49. The van der Waals surface area contributed by atoms with Gasteiger partial charge in [-0.25, -0.2) is 0 Å². The Kier molecular flexibility index (Phi) is 7.02. The molecule has 0 atom stereocenters. The second-order valence-electron chi connectivity index (χ2n) is 4.12. The monoisotopic (exact) mass is 279 g/mol. The molecular weight excluding hydrogens is 262 g/mol. The van der Waals surface area contributed by atoms with E-state index in [1.54, 1.807) is 18.2 Å². The van der Waals surface area contributed by atoms with E-state index >= 15 is 0 Å². The lowest BCUT2D eigenvalue weighted by atomic mass is 10.1. The van der Waals surface area contributed by atoms with Crippen LogP contribution in [0.5, 0.6) is 0 Å². The Balaban J connectivity index is 2.82. The zero-order chi connectivity index (χ0) is 14.1. The second-order valence-corrected chi connectivity index (χ2v) is 4.55. The highest BCUT2D eigenvalue weighted by atomic mass is 35.5. The van der Waals surface area contributed by atoms with E-state index in [0.717, 1.165) is 12.8 Å². The lowest BCUT2D eigenvalue weighted by Crippen LogP contribution is -2.12. The third kappa shape index (κ3) is 5.78. The van der Waals surface area contributed by atoms with Crippen LogP contribution in [-0.4, -0.2) is 17.6 Å². The maximum atomic E-state index is 11.7. The van der Waals surface area contributed by atoms with E-state index < -0.39 is 0 Å². The Morgan fingerprint density at radius 1 is 1.47 bits per heavy atom. The van der Waals surface area contributed by atoms with Crippen LogP contribution in [0.3, 0.4) is 0 Å². The van der Waals surface area contributed by atoms with Gasteiger partial charge in [-0.3, -0.25) is 4.79 Å². The number of aliphatic hydroxyl groups is 1. The number of nitrogens with one attached hydrogen (secondary N) is 1. The van der Waals surface area contributed by atoms with Crippen LogP contribution in [0.1, 0.15) is 38.2 Å². The van der Waals surface area contributed by atoms with Crippen LogP contribution in [0.4, 0.5) is 5.69 Å². The zero-order valence-corrected chi connectivity index (χ0v) is 11.8. The molecule has 0 unspecified atom stereocenters. The van der Waals surface area contributed by atoms with Gasteiger partial charge in [0.2, 0.25) is 5.91 Å². The summed E-state index contributed by atoms with van der Waals surface area (Å²) in [6.45, 7) is 2.06. The number of aliphatic hydroxyl groups excluding tert-OH is 1. The highest BCUT2D eigenvalue weighted by Crippen LogP contribution is 2.20. The van der Waals surface area contributed by atoms with Crippen LogP contribution in [0.25, 0.3) is 0 Å². The number of hydrogen-bond acceptors (Lipinski definition) is 2. The van der Waals surface area contributed by atoms with Gasteiger partial charge < -0.3 is 10.4 Å². The highest BCUT2D eigenvalue weighted by molar-refractivity contribution is 6.30. The molecule has 102 valence electrons. The predicted octanol–water partition coefficient (Wildman–Crippen LogP) is 3.20. The van der Waals surface area contributed by atoms with Crippen molar-refractivity contribution in [3.05, 3.63) is 28.8 Å². The molecule has 4 heteroatoms. The number of halogens is 1. The third-order valence-electron chi connectivity index (χ3n) is 2.47. The third-order valence-corrected chi connectivity index (χ3v) is 2.71. The first-order chi connectivity index (χ1) is 9.17. The topological polar surface area (TPSA) is 49.3 Å². The molecule has 0 radical (unpaired) electrons. The molecule has 0 aliphatic carbocycles. The Labute approximate surface area is 119 Å². The summed E-state index contributed by atoms with van der Waals surface area (Å²) in [5, 5.41) is 12.1. The fourth-order valence-corrected chi connectivity index (χ4v) is 1.66. The van der Waals surface area contributed by atoms with Crippen LogP contribution in [0.2, 0.25) is 5.02 Å².